The number of para-hydroxylation sites is 2. The second-order valence-electron chi connectivity index (χ2n) is 5.94. The highest BCUT2D eigenvalue weighted by atomic mass is 16.6. The molecule has 0 saturated heterocycles. The molecule has 24 heavy (non-hydrogen) atoms. The minimum Gasteiger partial charge on any atom is -0.390 e. The summed E-state index contributed by atoms with van der Waals surface area (Å²) in [6, 6.07) is 8.12. The monoisotopic (exact) mass is 324 g/mol. The van der Waals surface area contributed by atoms with Crippen LogP contribution in [0.25, 0.3) is 22.6 Å². The zero-order valence-corrected chi connectivity index (χ0v) is 13.9. The van der Waals surface area contributed by atoms with E-state index in [9.17, 15) is 0 Å². The number of imidazole rings is 1. The van der Waals surface area contributed by atoms with E-state index >= 15 is 0 Å². The van der Waals surface area contributed by atoms with Crippen molar-refractivity contribution in [2.24, 2.45) is 5.16 Å². The van der Waals surface area contributed by atoms with Crippen molar-refractivity contribution >= 4 is 16.7 Å². The summed E-state index contributed by atoms with van der Waals surface area (Å²) in [7, 11) is 0. The number of aryl methyl sites for hydroxylation is 1. The fourth-order valence-electron chi connectivity index (χ4n) is 3.08. The van der Waals surface area contributed by atoms with Crippen LogP contribution in [0.3, 0.4) is 0 Å². The van der Waals surface area contributed by atoms with Gasteiger partial charge in [-0.3, -0.25) is 0 Å². The van der Waals surface area contributed by atoms with Crippen molar-refractivity contribution in [3.8, 4) is 11.5 Å². The Morgan fingerprint density at radius 2 is 2.12 bits per heavy atom. The van der Waals surface area contributed by atoms with Crippen molar-refractivity contribution in [3.05, 3.63) is 30.5 Å². The Balaban J connectivity index is 1.59. The van der Waals surface area contributed by atoms with E-state index in [-0.39, 0.29) is 6.10 Å². The van der Waals surface area contributed by atoms with Gasteiger partial charge in [-0.25, -0.2) is 9.67 Å². The maximum absolute atomic E-state index is 5.45. The van der Waals surface area contributed by atoms with Crippen molar-refractivity contribution in [1.29, 1.82) is 0 Å². The van der Waals surface area contributed by atoms with E-state index in [1.807, 2.05) is 29.1 Å². The molecule has 0 bridgehead atoms. The fraction of sp³-hybridized carbons (Fsp3) is 0.412. The molecule has 1 aliphatic heterocycles. The lowest BCUT2D eigenvalue weighted by atomic mass is 10.1. The van der Waals surface area contributed by atoms with Crippen molar-refractivity contribution in [1.82, 2.24) is 24.5 Å². The largest absolute Gasteiger partial charge is 0.390 e. The summed E-state index contributed by atoms with van der Waals surface area (Å²) in [6.45, 7) is 5.68. The lowest BCUT2D eigenvalue weighted by Crippen LogP contribution is -2.16. The topological polar surface area (TPSA) is 70.1 Å². The molecule has 3 aromatic rings. The van der Waals surface area contributed by atoms with Crippen molar-refractivity contribution in [2.75, 3.05) is 0 Å². The normalized spacial score (nSPS) is 17.2. The molecule has 0 saturated carbocycles. The average Bonchev–Trinajstić information content (AvgIpc) is 3.32. The minimum atomic E-state index is 0.0412. The third kappa shape index (κ3) is 2.55. The number of aromatic nitrogens is 5. The molecule has 1 atom stereocenters. The minimum absolute atomic E-state index is 0.0412. The number of benzene rings is 1. The lowest BCUT2D eigenvalue weighted by molar-refractivity contribution is 0.0693. The van der Waals surface area contributed by atoms with Crippen LogP contribution in [0.1, 0.15) is 26.7 Å². The smallest absolute Gasteiger partial charge is 0.163 e. The molecular formula is C17H20N6O. The molecule has 2 aromatic heterocycles. The van der Waals surface area contributed by atoms with Crippen LogP contribution in [-0.2, 0) is 17.9 Å². The van der Waals surface area contributed by atoms with E-state index in [1.165, 1.54) is 0 Å². The number of fused-ring (bicyclic) bond motifs is 1. The molecule has 1 aromatic carbocycles. The molecule has 0 fully saturated rings. The van der Waals surface area contributed by atoms with Gasteiger partial charge in [-0.15, -0.1) is 5.10 Å². The van der Waals surface area contributed by atoms with Crippen LogP contribution in [0.4, 0.5) is 0 Å². The van der Waals surface area contributed by atoms with Gasteiger partial charge >= 0.3 is 0 Å². The quantitative estimate of drug-likeness (QED) is 0.723. The highest BCUT2D eigenvalue weighted by molar-refractivity contribution is 5.85. The molecule has 4 rings (SSSR count). The van der Waals surface area contributed by atoms with Crippen molar-refractivity contribution in [3.63, 3.8) is 0 Å². The molecule has 0 N–H and O–H groups in total. The molecule has 0 amide bonds. The Morgan fingerprint density at radius 1 is 1.25 bits per heavy atom. The predicted octanol–water partition coefficient (Wildman–Crippen LogP) is 2.87. The molecule has 0 aliphatic carbocycles. The van der Waals surface area contributed by atoms with Crippen LogP contribution in [0.2, 0.25) is 0 Å². The fourth-order valence-corrected chi connectivity index (χ4v) is 3.08. The van der Waals surface area contributed by atoms with Gasteiger partial charge in [-0.1, -0.05) is 29.4 Å². The Kier molecular flexibility index (Phi) is 3.76. The second-order valence-corrected chi connectivity index (χ2v) is 5.94. The maximum Gasteiger partial charge on any atom is 0.163 e. The molecule has 0 radical (unpaired) electrons. The summed E-state index contributed by atoms with van der Waals surface area (Å²) >= 11 is 0. The highest BCUT2D eigenvalue weighted by Crippen LogP contribution is 2.23. The maximum atomic E-state index is 5.45. The van der Waals surface area contributed by atoms with Gasteiger partial charge < -0.3 is 9.40 Å². The summed E-state index contributed by atoms with van der Waals surface area (Å²) in [4.78, 5) is 10.2. The van der Waals surface area contributed by atoms with Gasteiger partial charge in [0.25, 0.3) is 0 Å². The Morgan fingerprint density at radius 3 is 2.92 bits per heavy atom. The first kappa shape index (κ1) is 14.9. The van der Waals surface area contributed by atoms with Crippen molar-refractivity contribution < 1.29 is 4.84 Å². The van der Waals surface area contributed by atoms with E-state index in [1.54, 1.807) is 0 Å². The molecule has 7 heteroatoms. The van der Waals surface area contributed by atoms with Gasteiger partial charge in [0.15, 0.2) is 11.9 Å². The lowest BCUT2D eigenvalue weighted by Gasteiger charge is -2.06. The van der Waals surface area contributed by atoms with Gasteiger partial charge in [0.2, 0.25) is 0 Å². The number of rotatable bonds is 5. The van der Waals surface area contributed by atoms with Crippen LogP contribution in [0, 0.1) is 0 Å². The molecular weight excluding hydrogens is 304 g/mol. The SMILES string of the molecule is CCC1=NOC(Cn2cc(-c3nc4ccccc4n3CC)nn2)C1. The molecule has 7 nitrogen and oxygen atoms in total. The van der Waals surface area contributed by atoms with Gasteiger partial charge in [0.05, 0.1) is 29.5 Å². The van der Waals surface area contributed by atoms with Gasteiger partial charge in [-0.05, 0) is 25.5 Å². The number of nitrogens with zero attached hydrogens (tertiary/aromatic N) is 6. The Bertz CT molecular complexity index is 894. The Hall–Kier alpha value is -2.70. The second kappa shape index (κ2) is 6.07. The molecule has 124 valence electrons. The van der Waals surface area contributed by atoms with Crippen LogP contribution in [0.5, 0.6) is 0 Å². The van der Waals surface area contributed by atoms with Gasteiger partial charge in [-0.2, -0.15) is 0 Å². The number of hydrogen-bond acceptors (Lipinski definition) is 5. The van der Waals surface area contributed by atoms with Crippen LogP contribution in [-0.4, -0.2) is 36.4 Å². The standard InChI is InChI=1S/C17H20N6O/c1-3-12-9-13(24-20-12)10-22-11-15(19-21-22)17-18-14-7-5-6-8-16(14)23(17)4-2/h5-8,11,13H,3-4,9-10H2,1-2H3. The van der Waals surface area contributed by atoms with E-state index in [0.717, 1.165) is 47.6 Å². The zero-order valence-electron chi connectivity index (χ0n) is 13.9. The summed E-state index contributed by atoms with van der Waals surface area (Å²) in [5, 5.41) is 12.6. The first-order chi connectivity index (χ1) is 11.8. The molecule has 1 aliphatic rings. The van der Waals surface area contributed by atoms with E-state index in [2.05, 4.69) is 39.9 Å². The van der Waals surface area contributed by atoms with Gasteiger partial charge in [0, 0.05) is 13.0 Å². The molecule has 1 unspecified atom stereocenters. The summed E-state index contributed by atoms with van der Waals surface area (Å²) in [5.74, 6) is 0.850. The van der Waals surface area contributed by atoms with Crippen LogP contribution >= 0.6 is 0 Å². The Labute approximate surface area is 139 Å². The number of hydrogen-bond donors (Lipinski definition) is 0. The zero-order chi connectivity index (χ0) is 16.5. The van der Waals surface area contributed by atoms with E-state index < -0.39 is 0 Å². The van der Waals surface area contributed by atoms with Crippen molar-refractivity contribution in [2.45, 2.75) is 45.9 Å². The molecule has 3 heterocycles. The van der Waals surface area contributed by atoms with E-state index in [4.69, 9.17) is 9.82 Å². The first-order valence-corrected chi connectivity index (χ1v) is 8.35. The third-order valence-electron chi connectivity index (χ3n) is 4.33. The number of oxime groups is 1. The summed E-state index contributed by atoms with van der Waals surface area (Å²) in [5.41, 5.74) is 3.98. The average molecular weight is 324 g/mol. The first-order valence-electron chi connectivity index (χ1n) is 8.35. The van der Waals surface area contributed by atoms with Crippen LogP contribution in [0.15, 0.2) is 35.6 Å². The highest BCUT2D eigenvalue weighted by Gasteiger charge is 2.21. The van der Waals surface area contributed by atoms with Gasteiger partial charge in [0.1, 0.15) is 5.69 Å². The van der Waals surface area contributed by atoms with E-state index in [0.29, 0.717) is 6.54 Å². The summed E-state index contributed by atoms with van der Waals surface area (Å²) in [6.07, 6.45) is 3.76. The predicted molar refractivity (Wildman–Crippen MR) is 91.6 cm³/mol. The molecule has 0 spiro atoms. The van der Waals surface area contributed by atoms with Crippen LogP contribution < -0.4 is 0 Å². The summed E-state index contributed by atoms with van der Waals surface area (Å²) < 4.78 is 3.97. The third-order valence-corrected chi connectivity index (χ3v) is 4.33.